The normalized spacial score (nSPS) is 10.8. The molecule has 2 amide bonds. The van der Waals surface area contributed by atoms with E-state index in [2.05, 4.69) is 20.3 Å². The molecule has 0 aliphatic carbocycles. The number of fused-ring (bicyclic) bond motifs is 1. The van der Waals surface area contributed by atoms with E-state index >= 15 is 0 Å². The van der Waals surface area contributed by atoms with Gasteiger partial charge >= 0.3 is 0 Å². The molecule has 0 aliphatic rings. The third-order valence-corrected chi connectivity index (χ3v) is 4.07. The summed E-state index contributed by atoms with van der Waals surface area (Å²) in [6.45, 7) is 1.42. The third kappa shape index (κ3) is 3.09. The van der Waals surface area contributed by atoms with Crippen molar-refractivity contribution in [2.75, 3.05) is 11.6 Å². The van der Waals surface area contributed by atoms with Gasteiger partial charge in [-0.3, -0.25) is 9.59 Å². The van der Waals surface area contributed by atoms with E-state index in [-0.39, 0.29) is 5.91 Å². The van der Waals surface area contributed by atoms with Gasteiger partial charge < -0.3 is 16.0 Å². The Balaban J connectivity index is 2.16. The largest absolute Gasteiger partial charge is 0.366 e. The number of amides is 2. The fraction of sp³-hybridized carbons (Fsp3) is 0.125. The molecule has 3 rings (SSSR count). The second-order valence-electron chi connectivity index (χ2n) is 5.15. The number of nitrogens with one attached hydrogen (secondary N) is 2. The molecule has 3 aromatic heterocycles. The molecule has 0 bridgehead atoms. The number of nitrogens with two attached hydrogens (primary N) is 1. The number of hydrogen-bond donors (Lipinski definition) is 3. The Morgan fingerprint density at radius 1 is 1.29 bits per heavy atom. The van der Waals surface area contributed by atoms with Crippen molar-refractivity contribution in [1.29, 1.82) is 0 Å². The Morgan fingerprint density at radius 2 is 2.08 bits per heavy atom. The number of carbonyl (C=O) groups excluding carboxylic acids is 2. The number of carbonyl (C=O) groups is 2. The number of thioether (sulfide) groups is 1. The standard InChI is InChI=1S/C16H15N5O2S/c1-8(22)20-14-5-10-11(6-18-13(10)7-19-14)12-3-9(16(17)23)4-15(21-12)24-2/h3-7,18H,1-2H3,(H2,17,23)(H,19,20,22). The number of nitrogens with zero attached hydrogens (tertiary/aromatic N) is 2. The average molecular weight is 341 g/mol. The van der Waals surface area contributed by atoms with Crippen molar-refractivity contribution in [3.05, 3.63) is 36.2 Å². The van der Waals surface area contributed by atoms with Crippen LogP contribution >= 0.6 is 11.8 Å². The maximum Gasteiger partial charge on any atom is 0.248 e. The van der Waals surface area contributed by atoms with Gasteiger partial charge in [0.2, 0.25) is 11.8 Å². The number of hydrogen-bond acceptors (Lipinski definition) is 5. The monoisotopic (exact) mass is 341 g/mol. The molecule has 122 valence electrons. The molecule has 0 aromatic carbocycles. The molecule has 24 heavy (non-hydrogen) atoms. The van der Waals surface area contributed by atoms with Gasteiger partial charge in [0, 0.05) is 29.6 Å². The minimum atomic E-state index is -0.505. The molecule has 3 aromatic rings. The molecule has 0 saturated carbocycles. The molecule has 0 fully saturated rings. The van der Waals surface area contributed by atoms with Crippen LogP contribution in [0.1, 0.15) is 17.3 Å². The average Bonchev–Trinajstić information content (AvgIpc) is 2.97. The van der Waals surface area contributed by atoms with E-state index in [1.165, 1.54) is 18.7 Å². The second kappa shape index (κ2) is 6.32. The van der Waals surface area contributed by atoms with Crippen molar-refractivity contribution < 1.29 is 9.59 Å². The minimum Gasteiger partial charge on any atom is -0.366 e. The number of H-pyrrole nitrogens is 1. The number of aromatic nitrogens is 3. The maximum atomic E-state index is 11.5. The van der Waals surface area contributed by atoms with Crippen LogP contribution in [0.5, 0.6) is 0 Å². The summed E-state index contributed by atoms with van der Waals surface area (Å²) in [6, 6.07) is 5.08. The Hall–Kier alpha value is -2.87. The summed E-state index contributed by atoms with van der Waals surface area (Å²) in [5, 5.41) is 4.20. The summed E-state index contributed by atoms with van der Waals surface area (Å²) in [6.07, 6.45) is 5.31. The zero-order valence-corrected chi connectivity index (χ0v) is 13.9. The first-order valence-corrected chi connectivity index (χ1v) is 8.31. The smallest absolute Gasteiger partial charge is 0.248 e. The van der Waals surface area contributed by atoms with E-state index < -0.39 is 5.91 Å². The van der Waals surface area contributed by atoms with Gasteiger partial charge in [-0.05, 0) is 24.5 Å². The summed E-state index contributed by atoms with van der Waals surface area (Å²) in [7, 11) is 0. The lowest BCUT2D eigenvalue weighted by molar-refractivity contribution is -0.114. The highest BCUT2D eigenvalue weighted by Crippen LogP contribution is 2.30. The summed E-state index contributed by atoms with van der Waals surface area (Å²) in [5.74, 6) is -0.251. The SMILES string of the molecule is CSc1cc(C(N)=O)cc(-c2c[nH]c3cnc(NC(C)=O)cc23)n1. The zero-order chi connectivity index (χ0) is 17.3. The summed E-state index contributed by atoms with van der Waals surface area (Å²) < 4.78 is 0. The Labute approximate surface area is 142 Å². The van der Waals surface area contributed by atoms with E-state index in [0.717, 1.165) is 16.5 Å². The highest BCUT2D eigenvalue weighted by Gasteiger charge is 2.13. The van der Waals surface area contributed by atoms with E-state index in [4.69, 9.17) is 5.73 Å². The van der Waals surface area contributed by atoms with Crippen LogP contribution in [0.25, 0.3) is 22.2 Å². The van der Waals surface area contributed by atoms with E-state index in [1.807, 2.05) is 6.26 Å². The van der Waals surface area contributed by atoms with Gasteiger partial charge in [0.1, 0.15) is 5.82 Å². The molecule has 0 saturated heterocycles. The Kier molecular flexibility index (Phi) is 4.22. The number of aromatic amines is 1. The zero-order valence-electron chi connectivity index (χ0n) is 13.1. The highest BCUT2D eigenvalue weighted by molar-refractivity contribution is 7.98. The fourth-order valence-corrected chi connectivity index (χ4v) is 2.81. The quantitative estimate of drug-likeness (QED) is 0.631. The number of primary amides is 1. The molecule has 0 aliphatic heterocycles. The molecule has 0 unspecified atom stereocenters. The Morgan fingerprint density at radius 3 is 2.75 bits per heavy atom. The van der Waals surface area contributed by atoms with Gasteiger partial charge in [0.15, 0.2) is 0 Å². The van der Waals surface area contributed by atoms with Crippen molar-refractivity contribution in [3.8, 4) is 11.3 Å². The van der Waals surface area contributed by atoms with Crippen LogP contribution in [0, 0.1) is 0 Å². The predicted molar refractivity (Wildman–Crippen MR) is 93.9 cm³/mol. The molecular weight excluding hydrogens is 326 g/mol. The summed E-state index contributed by atoms with van der Waals surface area (Å²) in [5.41, 5.74) is 8.04. The van der Waals surface area contributed by atoms with Gasteiger partial charge in [-0.1, -0.05) is 0 Å². The lowest BCUT2D eigenvalue weighted by Crippen LogP contribution is -2.11. The highest BCUT2D eigenvalue weighted by atomic mass is 32.2. The fourth-order valence-electron chi connectivity index (χ4n) is 2.37. The van der Waals surface area contributed by atoms with Gasteiger partial charge in [-0.2, -0.15) is 0 Å². The van der Waals surface area contributed by atoms with Gasteiger partial charge in [0.05, 0.1) is 22.4 Å². The van der Waals surface area contributed by atoms with E-state index in [9.17, 15) is 9.59 Å². The summed E-state index contributed by atoms with van der Waals surface area (Å²) >= 11 is 1.43. The third-order valence-electron chi connectivity index (χ3n) is 3.44. The number of anilines is 1. The van der Waals surface area contributed by atoms with Crippen LogP contribution in [0.3, 0.4) is 0 Å². The first-order valence-electron chi connectivity index (χ1n) is 7.09. The molecule has 7 nitrogen and oxygen atoms in total. The summed E-state index contributed by atoms with van der Waals surface area (Å²) in [4.78, 5) is 34.6. The number of rotatable bonds is 4. The Bertz CT molecular complexity index is 951. The lowest BCUT2D eigenvalue weighted by Gasteiger charge is -2.06. The van der Waals surface area contributed by atoms with Crippen molar-refractivity contribution in [2.45, 2.75) is 11.9 Å². The molecular formula is C16H15N5O2S. The topological polar surface area (TPSA) is 114 Å². The van der Waals surface area contributed by atoms with Crippen LogP contribution in [0.2, 0.25) is 0 Å². The van der Waals surface area contributed by atoms with Crippen molar-refractivity contribution in [2.24, 2.45) is 5.73 Å². The molecule has 0 spiro atoms. The van der Waals surface area contributed by atoms with Gasteiger partial charge in [-0.15, -0.1) is 11.8 Å². The van der Waals surface area contributed by atoms with Crippen LogP contribution in [-0.4, -0.2) is 33.0 Å². The van der Waals surface area contributed by atoms with Crippen molar-refractivity contribution in [1.82, 2.24) is 15.0 Å². The maximum absolute atomic E-state index is 11.5. The van der Waals surface area contributed by atoms with Crippen LogP contribution in [-0.2, 0) is 4.79 Å². The van der Waals surface area contributed by atoms with Gasteiger partial charge in [-0.25, -0.2) is 9.97 Å². The molecule has 0 atom stereocenters. The lowest BCUT2D eigenvalue weighted by atomic mass is 10.1. The molecule has 3 heterocycles. The van der Waals surface area contributed by atoms with Crippen LogP contribution in [0.4, 0.5) is 5.82 Å². The van der Waals surface area contributed by atoms with Gasteiger partial charge in [0.25, 0.3) is 0 Å². The first-order chi connectivity index (χ1) is 11.5. The van der Waals surface area contributed by atoms with E-state index in [0.29, 0.717) is 22.1 Å². The predicted octanol–water partition coefficient (Wildman–Crippen LogP) is 2.40. The molecule has 0 radical (unpaired) electrons. The molecule has 4 N–H and O–H groups in total. The van der Waals surface area contributed by atoms with Crippen LogP contribution in [0.15, 0.2) is 35.6 Å². The van der Waals surface area contributed by atoms with Crippen LogP contribution < -0.4 is 11.1 Å². The molecule has 8 heteroatoms. The first kappa shape index (κ1) is 16.0. The van der Waals surface area contributed by atoms with E-state index in [1.54, 1.807) is 30.6 Å². The second-order valence-corrected chi connectivity index (χ2v) is 5.97. The van der Waals surface area contributed by atoms with Crippen molar-refractivity contribution >= 4 is 40.3 Å². The van der Waals surface area contributed by atoms with Crippen molar-refractivity contribution in [3.63, 3.8) is 0 Å². The minimum absolute atomic E-state index is 0.197. The number of pyridine rings is 2.